The highest BCUT2D eigenvalue weighted by Gasteiger charge is 2.25. The molecule has 0 aromatic heterocycles. The van der Waals surface area contributed by atoms with E-state index < -0.39 is 0 Å². The topological polar surface area (TPSA) is 41.6 Å². The van der Waals surface area contributed by atoms with Crippen LogP contribution in [-0.2, 0) is 9.53 Å². The molecule has 0 saturated carbocycles. The summed E-state index contributed by atoms with van der Waals surface area (Å²) in [6.07, 6.45) is 3.59. The molecule has 1 N–H and O–H groups in total. The number of likely N-dealkylation sites (tertiary alicyclic amines) is 1. The van der Waals surface area contributed by atoms with Crippen LogP contribution in [0, 0.1) is 5.92 Å². The van der Waals surface area contributed by atoms with E-state index in [2.05, 4.69) is 24.1 Å². The summed E-state index contributed by atoms with van der Waals surface area (Å²) in [5.74, 6) is -0.206. The number of hydrogen-bond donors (Lipinski definition) is 1. The van der Waals surface area contributed by atoms with E-state index in [1.54, 1.807) is 0 Å². The number of nitrogens with one attached hydrogen (secondary N) is 1. The predicted octanol–water partition coefficient (Wildman–Crippen LogP) is 1.65. The van der Waals surface area contributed by atoms with Gasteiger partial charge in [0.05, 0.1) is 13.0 Å². The molecule has 0 bridgehead atoms. The zero-order valence-electron chi connectivity index (χ0n) is 12.2. The second-order valence-corrected chi connectivity index (χ2v) is 5.38. The zero-order valence-corrected chi connectivity index (χ0v) is 12.2. The second kappa shape index (κ2) is 7.74. The molecule has 1 aliphatic rings. The maximum Gasteiger partial charge on any atom is 0.309 e. The van der Waals surface area contributed by atoms with Gasteiger partial charge in [-0.15, -0.1) is 0 Å². The first-order valence-corrected chi connectivity index (χ1v) is 7.14. The number of methoxy groups -OCH3 is 1. The van der Waals surface area contributed by atoms with Crippen molar-refractivity contribution in [2.75, 3.05) is 26.7 Å². The Morgan fingerprint density at radius 2 is 2.00 bits per heavy atom. The molecule has 0 amide bonds. The minimum absolute atomic E-state index is 0.0799. The molecule has 1 heterocycles. The van der Waals surface area contributed by atoms with Crippen molar-refractivity contribution in [2.24, 2.45) is 5.92 Å². The van der Waals surface area contributed by atoms with E-state index >= 15 is 0 Å². The van der Waals surface area contributed by atoms with E-state index in [0.717, 1.165) is 0 Å². The van der Waals surface area contributed by atoms with Crippen molar-refractivity contribution in [1.82, 2.24) is 10.2 Å². The smallest absolute Gasteiger partial charge is 0.309 e. The molecule has 1 fully saturated rings. The Hall–Kier alpha value is -0.610. The van der Waals surface area contributed by atoms with Crippen LogP contribution in [0.2, 0.25) is 0 Å². The Morgan fingerprint density at radius 1 is 1.39 bits per heavy atom. The first-order chi connectivity index (χ1) is 8.58. The van der Waals surface area contributed by atoms with Gasteiger partial charge < -0.3 is 15.0 Å². The lowest BCUT2D eigenvalue weighted by atomic mass is 9.99. The molecule has 1 rings (SSSR count). The standard InChI is InChI=1S/C14H28N2O2/c1-5-8-16-9-6-13(7-10-16)15-12(3)11(2)14(17)18-4/h11-13,15H,5-10H2,1-4H3. The van der Waals surface area contributed by atoms with Crippen LogP contribution in [0.3, 0.4) is 0 Å². The summed E-state index contributed by atoms with van der Waals surface area (Å²) < 4.78 is 4.78. The number of nitrogens with zero attached hydrogens (tertiary/aromatic N) is 1. The SMILES string of the molecule is CCCN1CCC(NC(C)C(C)C(=O)OC)CC1. The molecule has 4 heteroatoms. The zero-order chi connectivity index (χ0) is 13.5. The Labute approximate surface area is 111 Å². The molecule has 106 valence electrons. The summed E-state index contributed by atoms with van der Waals surface area (Å²) in [7, 11) is 1.45. The third kappa shape index (κ3) is 4.58. The van der Waals surface area contributed by atoms with Crippen molar-refractivity contribution in [1.29, 1.82) is 0 Å². The van der Waals surface area contributed by atoms with Gasteiger partial charge >= 0.3 is 5.97 Å². The first-order valence-electron chi connectivity index (χ1n) is 7.14. The predicted molar refractivity (Wildman–Crippen MR) is 73.5 cm³/mol. The molecular weight excluding hydrogens is 228 g/mol. The van der Waals surface area contributed by atoms with Gasteiger partial charge in [-0.05, 0) is 45.8 Å². The van der Waals surface area contributed by atoms with E-state index in [1.807, 2.05) is 6.92 Å². The summed E-state index contributed by atoms with van der Waals surface area (Å²) in [5, 5.41) is 3.57. The highest BCUT2D eigenvalue weighted by molar-refractivity contribution is 5.72. The largest absolute Gasteiger partial charge is 0.469 e. The lowest BCUT2D eigenvalue weighted by Gasteiger charge is -2.34. The maximum absolute atomic E-state index is 11.5. The molecule has 0 aromatic rings. The van der Waals surface area contributed by atoms with Gasteiger partial charge in [0, 0.05) is 12.1 Å². The molecule has 0 aromatic carbocycles. The van der Waals surface area contributed by atoms with Crippen LogP contribution in [-0.4, -0.2) is 49.7 Å². The normalized spacial score (nSPS) is 21.6. The number of rotatable bonds is 6. The molecule has 18 heavy (non-hydrogen) atoms. The lowest BCUT2D eigenvalue weighted by molar-refractivity contribution is -0.145. The summed E-state index contributed by atoms with van der Waals surface area (Å²) in [6, 6.07) is 0.723. The van der Waals surface area contributed by atoms with E-state index in [-0.39, 0.29) is 17.9 Å². The summed E-state index contributed by atoms with van der Waals surface area (Å²) >= 11 is 0. The van der Waals surface area contributed by atoms with Crippen LogP contribution in [0.5, 0.6) is 0 Å². The molecule has 1 aliphatic heterocycles. The molecular formula is C14H28N2O2. The fraction of sp³-hybridized carbons (Fsp3) is 0.929. The average molecular weight is 256 g/mol. The van der Waals surface area contributed by atoms with Crippen LogP contribution < -0.4 is 5.32 Å². The number of carbonyl (C=O) groups excluding carboxylic acids is 1. The highest BCUT2D eigenvalue weighted by atomic mass is 16.5. The van der Waals surface area contributed by atoms with Crippen LogP contribution >= 0.6 is 0 Å². The van der Waals surface area contributed by atoms with Crippen LogP contribution in [0.25, 0.3) is 0 Å². The van der Waals surface area contributed by atoms with Crippen molar-refractivity contribution in [3.05, 3.63) is 0 Å². The number of ether oxygens (including phenoxy) is 1. The third-order valence-electron chi connectivity index (χ3n) is 3.95. The number of esters is 1. The van der Waals surface area contributed by atoms with E-state index in [0.29, 0.717) is 6.04 Å². The van der Waals surface area contributed by atoms with Crippen molar-refractivity contribution in [2.45, 2.75) is 52.1 Å². The molecule has 2 unspecified atom stereocenters. The van der Waals surface area contributed by atoms with Crippen LogP contribution in [0.15, 0.2) is 0 Å². The van der Waals surface area contributed by atoms with E-state index in [4.69, 9.17) is 4.74 Å². The first kappa shape index (κ1) is 15.4. The number of hydrogen-bond acceptors (Lipinski definition) is 4. The molecule has 0 radical (unpaired) electrons. The molecule has 1 saturated heterocycles. The van der Waals surface area contributed by atoms with Crippen molar-refractivity contribution < 1.29 is 9.53 Å². The number of carbonyl (C=O) groups is 1. The molecule has 4 nitrogen and oxygen atoms in total. The van der Waals surface area contributed by atoms with Gasteiger partial charge in [-0.3, -0.25) is 4.79 Å². The highest BCUT2D eigenvalue weighted by Crippen LogP contribution is 2.13. The van der Waals surface area contributed by atoms with Gasteiger partial charge in [-0.25, -0.2) is 0 Å². The minimum Gasteiger partial charge on any atom is -0.469 e. The van der Waals surface area contributed by atoms with Gasteiger partial charge in [0.25, 0.3) is 0 Å². The van der Waals surface area contributed by atoms with Gasteiger partial charge in [0.15, 0.2) is 0 Å². The Balaban J connectivity index is 2.29. The van der Waals surface area contributed by atoms with E-state index in [9.17, 15) is 4.79 Å². The van der Waals surface area contributed by atoms with Crippen molar-refractivity contribution in [3.63, 3.8) is 0 Å². The molecule has 2 atom stereocenters. The third-order valence-corrected chi connectivity index (χ3v) is 3.95. The fourth-order valence-electron chi connectivity index (χ4n) is 2.55. The monoisotopic (exact) mass is 256 g/mol. The summed E-state index contributed by atoms with van der Waals surface area (Å²) in [5.41, 5.74) is 0. The van der Waals surface area contributed by atoms with E-state index in [1.165, 1.54) is 46.0 Å². The average Bonchev–Trinajstić information content (AvgIpc) is 2.39. The second-order valence-electron chi connectivity index (χ2n) is 5.38. The van der Waals surface area contributed by atoms with Gasteiger partial charge in [-0.1, -0.05) is 13.8 Å². The van der Waals surface area contributed by atoms with Crippen LogP contribution in [0.4, 0.5) is 0 Å². The molecule has 0 spiro atoms. The van der Waals surface area contributed by atoms with Gasteiger partial charge in [0.1, 0.15) is 0 Å². The molecule has 0 aliphatic carbocycles. The van der Waals surface area contributed by atoms with Gasteiger partial charge in [-0.2, -0.15) is 0 Å². The van der Waals surface area contributed by atoms with Crippen LogP contribution in [0.1, 0.15) is 40.0 Å². The number of piperidine rings is 1. The quantitative estimate of drug-likeness (QED) is 0.734. The van der Waals surface area contributed by atoms with Crippen molar-refractivity contribution in [3.8, 4) is 0 Å². The summed E-state index contributed by atoms with van der Waals surface area (Å²) in [4.78, 5) is 14.0. The summed E-state index contributed by atoms with van der Waals surface area (Å²) in [6.45, 7) is 9.77. The van der Waals surface area contributed by atoms with Gasteiger partial charge in [0.2, 0.25) is 0 Å². The minimum atomic E-state index is -0.126. The maximum atomic E-state index is 11.5. The Bertz CT molecular complexity index is 250. The lowest BCUT2D eigenvalue weighted by Crippen LogP contribution is -2.48. The Kier molecular flexibility index (Phi) is 6.65. The fourth-order valence-corrected chi connectivity index (χ4v) is 2.55. The van der Waals surface area contributed by atoms with Crippen molar-refractivity contribution >= 4 is 5.97 Å². The Morgan fingerprint density at radius 3 is 2.50 bits per heavy atom.